The van der Waals surface area contributed by atoms with Crippen LogP contribution in [0.3, 0.4) is 0 Å². The van der Waals surface area contributed by atoms with E-state index in [9.17, 15) is 5.11 Å². The first-order valence-electron chi connectivity index (χ1n) is 8.28. The van der Waals surface area contributed by atoms with Crippen LogP contribution < -0.4 is 5.73 Å². The summed E-state index contributed by atoms with van der Waals surface area (Å²) in [6, 6.07) is -0.310. The average Bonchev–Trinajstić information content (AvgIpc) is 3.20. The van der Waals surface area contributed by atoms with Crippen molar-refractivity contribution in [3.8, 4) is 0 Å². The number of hydrogen-bond donors (Lipinski definition) is 2. The molecule has 134 valence electrons. The molecule has 0 aliphatic carbocycles. The molecule has 0 amide bonds. The molecule has 0 aromatic carbocycles. The van der Waals surface area contributed by atoms with E-state index >= 15 is 0 Å². The van der Waals surface area contributed by atoms with Crippen LogP contribution >= 0.6 is 0 Å². The van der Waals surface area contributed by atoms with Crippen molar-refractivity contribution in [2.24, 2.45) is 20.7 Å². The lowest BCUT2D eigenvalue weighted by Gasteiger charge is -2.33. The monoisotopic (exact) mass is 339 g/mol. The van der Waals surface area contributed by atoms with Crippen LogP contribution in [0.15, 0.2) is 15.0 Å². The van der Waals surface area contributed by atoms with E-state index < -0.39 is 18.1 Å². The minimum absolute atomic E-state index is 0.136. The zero-order valence-corrected chi connectivity index (χ0v) is 14.4. The van der Waals surface area contributed by atoms with Crippen LogP contribution in [0.2, 0.25) is 0 Å². The van der Waals surface area contributed by atoms with Gasteiger partial charge in [-0.2, -0.15) is 0 Å². The molecule has 4 heterocycles. The molecule has 0 saturated carbocycles. The maximum atomic E-state index is 9.54. The number of amidine groups is 1. The van der Waals surface area contributed by atoms with Gasteiger partial charge in [0.25, 0.3) is 0 Å². The first-order chi connectivity index (χ1) is 11.5. The Morgan fingerprint density at radius 2 is 1.96 bits per heavy atom. The number of aliphatic hydroxyl groups excluding tert-OH is 1. The number of nitrogens with zero attached hydrogens (tertiary/aromatic N) is 4. The quantitative estimate of drug-likeness (QED) is 0.713. The number of ether oxygens (including phenoxy) is 3. The highest BCUT2D eigenvalue weighted by atomic mass is 16.8. The zero-order chi connectivity index (χ0) is 17.5. The topological polar surface area (TPSA) is 114 Å². The van der Waals surface area contributed by atoms with Gasteiger partial charge in [-0.3, -0.25) is 4.99 Å². The van der Waals surface area contributed by atoms with Crippen molar-refractivity contribution in [2.45, 2.75) is 70.2 Å². The largest absolute Gasteiger partial charge is 0.394 e. The van der Waals surface area contributed by atoms with Gasteiger partial charge in [0.2, 0.25) is 0 Å². The van der Waals surface area contributed by atoms with E-state index in [0.717, 1.165) is 0 Å². The predicted molar refractivity (Wildman–Crippen MR) is 88.9 cm³/mol. The molecule has 4 aliphatic heterocycles. The van der Waals surface area contributed by atoms with Gasteiger partial charge in [0.1, 0.15) is 36.5 Å². The number of fused-ring (bicyclic) bond motifs is 2. The van der Waals surface area contributed by atoms with Crippen LogP contribution in [-0.2, 0) is 14.2 Å². The number of hydrogen-bond acceptors (Lipinski definition) is 9. The van der Waals surface area contributed by atoms with Crippen LogP contribution in [0.4, 0.5) is 0 Å². The van der Waals surface area contributed by atoms with Crippen molar-refractivity contribution < 1.29 is 19.3 Å². The minimum atomic E-state index is -0.711. The van der Waals surface area contributed by atoms with E-state index in [4.69, 9.17) is 19.9 Å². The van der Waals surface area contributed by atoms with Crippen molar-refractivity contribution in [1.29, 1.82) is 0 Å². The van der Waals surface area contributed by atoms with Gasteiger partial charge >= 0.3 is 0 Å². The SMILES string of the molecule is CC.CC1(C)O[C@@H]2C(CO)OC(N3C=NC4C(N)=NC=NC43)[C@@H]2O1. The van der Waals surface area contributed by atoms with Gasteiger partial charge in [-0.25, -0.2) is 9.98 Å². The summed E-state index contributed by atoms with van der Waals surface area (Å²) < 4.78 is 17.7. The molecule has 2 fully saturated rings. The van der Waals surface area contributed by atoms with Crippen LogP contribution in [0.25, 0.3) is 0 Å². The maximum Gasteiger partial charge on any atom is 0.164 e. The van der Waals surface area contributed by atoms with Gasteiger partial charge in [-0.1, -0.05) is 13.8 Å². The van der Waals surface area contributed by atoms with E-state index in [0.29, 0.717) is 5.84 Å². The van der Waals surface area contributed by atoms with Crippen LogP contribution in [0, 0.1) is 0 Å². The molecule has 0 spiro atoms. The zero-order valence-electron chi connectivity index (χ0n) is 14.4. The summed E-state index contributed by atoms with van der Waals surface area (Å²) in [6.07, 6.45) is 1.27. The molecule has 0 radical (unpaired) electrons. The molecular formula is C15H25N5O4. The van der Waals surface area contributed by atoms with Gasteiger partial charge in [-0.05, 0) is 13.8 Å². The first-order valence-corrected chi connectivity index (χ1v) is 8.28. The minimum Gasteiger partial charge on any atom is -0.394 e. The fourth-order valence-corrected chi connectivity index (χ4v) is 3.35. The maximum absolute atomic E-state index is 9.54. The Morgan fingerprint density at radius 1 is 1.25 bits per heavy atom. The van der Waals surface area contributed by atoms with Crippen LogP contribution in [0.5, 0.6) is 0 Å². The molecule has 24 heavy (non-hydrogen) atoms. The molecule has 4 rings (SSSR count). The van der Waals surface area contributed by atoms with Crippen LogP contribution in [-0.4, -0.2) is 77.7 Å². The van der Waals surface area contributed by atoms with Crippen molar-refractivity contribution in [3.05, 3.63) is 0 Å². The molecule has 9 heteroatoms. The Hall–Kier alpha value is -1.55. The average molecular weight is 339 g/mol. The first kappa shape index (κ1) is 17.3. The standard InChI is InChI=1S/C13H19N5O4.C2H6/c1-13(2)21-8-6(3-19)20-12(9(8)22-13)18-5-17-7-10(14)15-4-16-11(7)18;1-2/h4-9,11-12,19H,3H2,1-2H3,(H2,14,15,16);1-2H3/t6?,7?,8-,9-,11?,12?;/m1./s1. The number of aliphatic imine (C=N–C) groups is 3. The third-order valence-electron chi connectivity index (χ3n) is 4.28. The Morgan fingerprint density at radius 3 is 2.67 bits per heavy atom. The summed E-state index contributed by atoms with van der Waals surface area (Å²) >= 11 is 0. The van der Waals surface area contributed by atoms with Gasteiger partial charge in [0, 0.05) is 0 Å². The second kappa shape index (κ2) is 6.40. The smallest absolute Gasteiger partial charge is 0.164 e. The summed E-state index contributed by atoms with van der Waals surface area (Å²) in [7, 11) is 0. The predicted octanol–water partition coefficient (Wildman–Crippen LogP) is -0.312. The van der Waals surface area contributed by atoms with Crippen molar-refractivity contribution in [3.63, 3.8) is 0 Å². The molecule has 4 aliphatic rings. The molecule has 6 atom stereocenters. The molecular weight excluding hydrogens is 314 g/mol. The molecule has 3 N–H and O–H groups in total. The van der Waals surface area contributed by atoms with Gasteiger partial charge in [0.15, 0.2) is 18.2 Å². The normalized spacial score (nSPS) is 41.5. The van der Waals surface area contributed by atoms with E-state index in [1.165, 1.54) is 6.34 Å². The Balaban J connectivity index is 0.000000815. The summed E-state index contributed by atoms with van der Waals surface area (Å²) in [6.45, 7) is 7.56. The number of rotatable bonds is 2. The lowest BCUT2D eigenvalue weighted by atomic mass is 10.1. The van der Waals surface area contributed by atoms with E-state index in [1.807, 2.05) is 32.6 Å². The fourth-order valence-electron chi connectivity index (χ4n) is 3.35. The number of nitrogens with two attached hydrogens (primary N) is 1. The number of aliphatic hydroxyl groups is 1. The summed E-state index contributed by atoms with van der Waals surface area (Å²) in [5.41, 5.74) is 5.87. The lowest BCUT2D eigenvalue weighted by molar-refractivity contribution is -0.204. The van der Waals surface area contributed by atoms with Crippen molar-refractivity contribution in [1.82, 2.24) is 4.90 Å². The second-order valence-electron chi connectivity index (χ2n) is 6.20. The molecule has 9 nitrogen and oxygen atoms in total. The van der Waals surface area contributed by atoms with Gasteiger partial charge in [-0.15, -0.1) is 0 Å². The molecule has 4 unspecified atom stereocenters. The Kier molecular flexibility index (Phi) is 4.60. The van der Waals surface area contributed by atoms with Gasteiger partial charge in [0.05, 0.1) is 12.9 Å². The summed E-state index contributed by atoms with van der Waals surface area (Å²) in [4.78, 5) is 14.5. The highest BCUT2D eigenvalue weighted by molar-refractivity contribution is 5.96. The summed E-state index contributed by atoms with van der Waals surface area (Å²) in [5.74, 6) is -0.284. The Labute approximate surface area is 141 Å². The van der Waals surface area contributed by atoms with Crippen molar-refractivity contribution in [2.75, 3.05) is 6.61 Å². The second-order valence-corrected chi connectivity index (χ2v) is 6.20. The van der Waals surface area contributed by atoms with E-state index in [2.05, 4.69) is 15.0 Å². The van der Waals surface area contributed by atoms with E-state index in [1.54, 1.807) is 6.34 Å². The van der Waals surface area contributed by atoms with Crippen molar-refractivity contribution >= 4 is 18.5 Å². The van der Waals surface area contributed by atoms with Gasteiger partial charge < -0.3 is 30.0 Å². The fraction of sp³-hybridized carbons (Fsp3) is 0.800. The third-order valence-corrected chi connectivity index (χ3v) is 4.28. The van der Waals surface area contributed by atoms with E-state index in [-0.39, 0.29) is 31.0 Å². The highest BCUT2D eigenvalue weighted by Gasteiger charge is 2.58. The molecule has 0 aromatic rings. The highest BCUT2D eigenvalue weighted by Crippen LogP contribution is 2.40. The van der Waals surface area contributed by atoms with Crippen LogP contribution in [0.1, 0.15) is 27.7 Å². The molecule has 0 aromatic heterocycles. The lowest BCUT2D eigenvalue weighted by Crippen LogP contribution is -2.51. The third kappa shape index (κ3) is 2.71. The summed E-state index contributed by atoms with van der Waals surface area (Å²) in [5, 5.41) is 9.54. The molecule has 0 bridgehead atoms. The Bertz CT molecular complexity index is 564. The molecule has 2 saturated heterocycles.